The number of hydrogen-bond acceptors (Lipinski definition) is 3. The van der Waals surface area contributed by atoms with Crippen LogP contribution in [0.5, 0.6) is 0 Å². The smallest absolute Gasteiger partial charge is 0.165 e. The van der Waals surface area contributed by atoms with Gasteiger partial charge in [0.15, 0.2) is 5.78 Å². The maximum absolute atomic E-state index is 12.3. The average Bonchev–Trinajstić information content (AvgIpc) is 2.57. The third-order valence-corrected chi connectivity index (χ3v) is 3.98. The van der Waals surface area contributed by atoms with Crippen molar-refractivity contribution < 1.29 is 9.53 Å². The Morgan fingerprint density at radius 2 is 1.73 bits per heavy atom. The molecule has 0 N–H and O–H groups in total. The highest BCUT2D eigenvalue weighted by Crippen LogP contribution is 2.15. The summed E-state index contributed by atoms with van der Waals surface area (Å²) in [7, 11) is 0. The predicted octanol–water partition coefficient (Wildman–Crippen LogP) is 3.16. The molecule has 1 unspecified atom stereocenters. The first-order valence-corrected chi connectivity index (χ1v) is 7.77. The second-order valence-electron chi connectivity index (χ2n) is 5.71. The fraction of sp³-hybridized carbons (Fsp3) is 0.316. The molecule has 0 aliphatic carbocycles. The third-order valence-electron chi connectivity index (χ3n) is 3.98. The minimum Gasteiger partial charge on any atom is -0.375 e. The molecule has 1 fully saturated rings. The van der Waals surface area contributed by atoms with Gasteiger partial charge in [-0.15, -0.1) is 0 Å². The van der Waals surface area contributed by atoms with Crippen molar-refractivity contribution in [1.82, 2.24) is 4.90 Å². The minimum atomic E-state index is -0.00910. The van der Waals surface area contributed by atoms with Crippen LogP contribution in [0.4, 0.5) is 0 Å². The summed E-state index contributed by atoms with van der Waals surface area (Å²) >= 11 is 0. The van der Waals surface area contributed by atoms with E-state index in [1.165, 1.54) is 5.56 Å². The third kappa shape index (κ3) is 4.03. The van der Waals surface area contributed by atoms with Gasteiger partial charge >= 0.3 is 0 Å². The first-order valence-electron chi connectivity index (χ1n) is 7.77. The number of nitrogens with zero attached hydrogens (tertiary/aromatic N) is 1. The molecule has 1 aliphatic heterocycles. The Bertz CT molecular complexity index is 597. The monoisotopic (exact) mass is 295 g/mol. The second-order valence-corrected chi connectivity index (χ2v) is 5.71. The highest BCUT2D eigenvalue weighted by Gasteiger charge is 2.23. The fourth-order valence-corrected chi connectivity index (χ4v) is 2.84. The Balaban J connectivity index is 1.55. The van der Waals surface area contributed by atoms with Crippen molar-refractivity contribution in [2.75, 3.05) is 19.7 Å². The molecule has 2 aromatic rings. The first kappa shape index (κ1) is 14.9. The fourth-order valence-electron chi connectivity index (χ4n) is 2.84. The standard InChI is InChI=1S/C19H21NO2/c21-19(17-9-5-2-6-10-17)13-18-15-20(11-12-22-18)14-16-7-3-1-4-8-16/h1-10,18H,11-15H2. The molecule has 114 valence electrons. The number of ether oxygens (including phenoxy) is 1. The van der Waals surface area contributed by atoms with Gasteiger partial charge in [0.2, 0.25) is 0 Å². The molecule has 3 heteroatoms. The summed E-state index contributed by atoms with van der Waals surface area (Å²) in [6, 6.07) is 19.9. The van der Waals surface area contributed by atoms with Crippen LogP contribution in [-0.4, -0.2) is 36.5 Å². The molecule has 1 atom stereocenters. The molecule has 0 bridgehead atoms. The van der Waals surface area contributed by atoms with Crippen LogP contribution in [0.1, 0.15) is 22.3 Å². The normalized spacial score (nSPS) is 19.0. The van der Waals surface area contributed by atoms with E-state index >= 15 is 0 Å². The zero-order valence-corrected chi connectivity index (χ0v) is 12.7. The zero-order chi connectivity index (χ0) is 15.2. The number of morpholine rings is 1. The Morgan fingerprint density at radius 1 is 1.05 bits per heavy atom. The molecule has 0 radical (unpaired) electrons. The summed E-state index contributed by atoms with van der Waals surface area (Å²) in [6.45, 7) is 3.35. The number of ketones is 1. The van der Waals surface area contributed by atoms with Crippen LogP contribution >= 0.6 is 0 Å². The quantitative estimate of drug-likeness (QED) is 0.794. The zero-order valence-electron chi connectivity index (χ0n) is 12.7. The van der Waals surface area contributed by atoms with Gasteiger partial charge in [0.05, 0.1) is 12.7 Å². The van der Waals surface area contributed by atoms with E-state index < -0.39 is 0 Å². The van der Waals surface area contributed by atoms with E-state index in [0.717, 1.165) is 25.2 Å². The maximum Gasteiger partial charge on any atom is 0.165 e. The molecule has 1 aliphatic rings. The van der Waals surface area contributed by atoms with Crippen molar-refractivity contribution >= 4 is 5.78 Å². The van der Waals surface area contributed by atoms with Crippen molar-refractivity contribution in [1.29, 1.82) is 0 Å². The molecule has 0 saturated carbocycles. The SMILES string of the molecule is O=C(CC1CN(Cc2ccccc2)CCO1)c1ccccc1. The van der Waals surface area contributed by atoms with Crippen LogP contribution in [0.3, 0.4) is 0 Å². The number of carbonyl (C=O) groups is 1. The molecule has 1 saturated heterocycles. The maximum atomic E-state index is 12.3. The number of Topliss-reactive ketones (excluding diaryl/α,β-unsaturated/α-hetero) is 1. The Morgan fingerprint density at radius 3 is 2.45 bits per heavy atom. The lowest BCUT2D eigenvalue weighted by Crippen LogP contribution is -2.42. The molecule has 3 nitrogen and oxygen atoms in total. The summed E-state index contributed by atoms with van der Waals surface area (Å²) in [6.07, 6.45) is 0.445. The summed E-state index contributed by atoms with van der Waals surface area (Å²) in [5, 5.41) is 0. The van der Waals surface area contributed by atoms with Crippen molar-refractivity contribution in [2.45, 2.75) is 19.1 Å². The molecule has 0 aromatic heterocycles. The van der Waals surface area contributed by atoms with E-state index in [0.29, 0.717) is 13.0 Å². The average molecular weight is 295 g/mol. The molecular formula is C19H21NO2. The summed E-state index contributed by atoms with van der Waals surface area (Å²) in [5.41, 5.74) is 2.07. The van der Waals surface area contributed by atoms with Gasteiger partial charge in [-0.3, -0.25) is 9.69 Å². The van der Waals surface area contributed by atoms with Crippen molar-refractivity contribution in [3.8, 4) is 0 Å². The summed E-state index contributed by atoms with van der Waals surface area (Å²) in [5.74, 6) is 0.159. The van der Waals surface area contributed by atoms with Gasteiger partial charge in [0, 0.05) is 31.6 Å². The van der Waals surface area contributed by atoms with Gasteiger partial charge in [0.1, 0.15) is 0 Å². The lowest BCUT2D eigenvalue weighted by atomic mass is 10.0. The van der Waals surface area contributed by atoms with Crippen LogP contribution in [0.2, 0.25) is 0 Å². The highest BCUT2D eigenvalue weighted by atomic mass is 16.5. The lowest BCUT2D eigenvalue weighted by Gasteiger charge is -2.32. The van der Waals surface area contributed by atoms with Gasteiger partial charge in [0.25, 0.3) is 0 Å². The van der Waals surface area contributed by atoms with E-state index in [2.05, 4.69) is 29.2 Å². The topological polar surface area (TPSA) is 29.5 Å². The number of benzene rings is 2. The second kappa shape index (κ2) is 7.34. The van der Waals surface area contributed by atoms with E-state index in [9.17, 15) is 4.79 Å². The molecule has 3 rings (SSSR count). The molecular weight excluding hydrogens is 274 g/mol. The van der Waals surface area contributed by atoms with Crippen LogP contribution in [0.25, 0.3) is 0 Å². The van der Waals surface area contributed by atoms with Crippen molar-refractivity contribution in [3.63, 3.8) is 0 Å². The van der Waals surface area contributed by atoms with Gasteiger partial charge in [-0.05, 0) is 5.56 Å². The molecule has 1 heterocycles. The van der Waals surface area contributed by atoms with Crippen molar-refractivity contribution in [2.24, 2.45) is 0 Å². The number of rotatable bonds is 5. The van der Waals surface area contributed by atoms with E-state index in [-0.39, 0.29) is 11.9 Å². The van der Waals surface area contributed by atoms with E-state index in [1.54, 1.807) is 0 Å². The van der Waals surface area contributed by atoms with Gasteiger partial charge in [-0.25, -0.2) is 0 Å². The first-order chi connectivity index (χ1) is 10.8. The lowest BCUT2D eigenvalue weighted by molar-refractivity contribution is -0.0313. The minimum absolute atomic E-state index is 0.00910. The van der Waals surface area contributed by atoms with Crippen LogP contribution in [-0.2, 0) is 11.3 Å². The molecule has 2 aromatic carbocycles. The Hall–Kier alpha value is -1.97. The Kier molecular flexibility index (Phi) is 4.99. The molecule has 0 amide bonds. The summed E-state index contributed by atoms with van der Waals surface area (Å²) < 4.78 is 5.78. The van der Waals surface area contributed by atoms with E-state index in [1.807, 2.05) is 36.4 Å². The van der Waals surface area contributed by atoms with E-state index in [4.69, 9.17) is 4.74 Å². The largest absolute Gasteiger partial charge is 0.375 e. The number of hydrogen-bond donors (Lipinski definition) is 0. The molecule has 0 spiro atoms. The highest BCUT2D eigenvalue weighted by molar-refractivity contribution is 5.96. The van der Waals surface area contributed by atoms with Crippen LogP contribution < -0.4 is 0 Å². The Labute approximate surface area is 131 Å². The van der Waals surface area contributed by atoms with Gasteiger partial charge < -0.3 is 4.74 Å². The summed E-state index contributed by atoms with van der Waals surface area (Å²) in [4.78, 5) is 14.6. The van der Waals surface area contributed by atoms with Gasteiger partial charge in [-0.1, -0.05) is 60.7 Å². The van der Waals surface area contributed by atoms with Crippen LogP contribution in [0, 0.1) is 0 Å². The molecule has 22 heavy (non-hydrogen) atoms. The van der Waals surface area contributed by atoms with Crippen LogP contribution in [0.15, 0.2) is 60.7 Å². The predicted molar refractivity (Wildman–Crippen MR) is 86.8 cm³/mol. The van der Waals surface area contributed by atoms with Gasteiger partial charge in [-0.2, -0.15) is 0 Å². The number of carbonyl (C=O) groups excluding carboxylic acids is 1. The van der Waals surface area contributed by atoms with Crippen molar-refractivity contribution in [3.05, 3.63) is 71.8 Å².